The average molecular weight is 838 g/mol. The van der Waals surface area contributed by atoms with Crippen LogP contribution in [0.25, 0.3) is 22.4 Å². The van der Waals surface area contributed by atoms with Crippen molar-refractivity contribution < 1.29 is 37.1 Å². The normalized spacial score (nSPS) is 18.8. The van der Waals surface area contributed by atoms with E-state index < -0.39 is 29.8 Å². The summed E-state index contributed by atoms with van der Waals surface area (Å²) in [4.78, 5) is 68.6. The van der Waals surface area contributed by atoms with Crippen LogP contribution in [0.2, 0.25) is 5.02 Å². The van der Waals surface area contributed by atoms with Crippen LogP contribution in [0.5, 0.6) is 0 Å². The highest BCUT2D eigenvalue weighted by atomic mass is 35.5. The molecular formula is C41H47ClF3N9O5. The third-order valence-electron chi connectivity index (χ3n) is 10.7. The molecule has 0 aliphatic carbocycles. The van der Waals surface area contributed by atoms with Gasteiger partial charge in [0.05, 0.1) is 46.9 Å². The second-order valence-electron chi connectivity index (χ2n) is 15.2. The van der Waals surface area contributed by atoms with Gasteiger partial charge < -0.3 is 40.4 Å². The minimum Gasteiger partial charge on any atom is -0.453 e. The summed E-state index contributed by atoms with van der Waals surface area (Å²) in [5.41, 5.74) is 0.218. The number of urea groups is 1. The topological polar surface area (TPSA) is 165 Å². The lowest BCUT2D eigenvalue weighted by molar-refractivity contribution is -0.137. The van der Waals surface area contributed by atoms with E-state index in [1.165, 1.54) is 25.4 Å². The molecule has 0 saturated carbocycles. The summed E-state index contributed by atoms with van der Waals surface area (Å²) in [6, 6.07) is 10.2. The van der Waals surface area contributed by atoms with Gasteiger partial charge in [0.25, 0.3) is 5.91 Å². The fourth-order valence-corrected chi connectivity index (χ4v) is 7.78. The van der Waals surface area contributed by atoms with E-state index in [4.69, 9.17) is 16.3 Å². The number of carbonyl (C=O) groups excluding carboxylic acids is 4. The number of amides is 5. The molecule has 2 aromatic carbocycles. The Kier molecular flexibility index (Phi) is 12.7. The molecule has 2 aliphatic heterocycles. The minimum atomic E-state index is -4.79. The Morgan fingerprint density at radius 3 is 2.27 bits per heavy atom. The number of likely N-dealkylation sites (tertiary alicyclic amines) is 1. The first-order chi connectivity index (χ1) is 28.0. The molecule has 4 heterocycles. The Balaban J connectivity index is 1.17. The molecule has 0 radical (unpaired) electrons. The number of methoxy groups -OCH3 is 1. The van der Waals surface area contributed by atoms with E-state index in [-0.39, 0.29) is 63.3 Å². The van der Waals surface area contributed by atoms with Crippen LogP contribution in [0.3, 0.4) is 0 Å². The SMILES string of the molecule is CNC(=O)N1CCN(c2ccc(C(=O)Nc3cc(C(F)(F)F)c(-c4ccc(-c5cnc(C6CC(C)CN6C(=O)[C@@H](NC(=O)OC)C(C)C)[nH]5)cc4)cc3Cl)cn2)CC1C. The highest BCUT2D eigenvalue weighted by Gasteiger charge is 2.40. The van der Waals surface area contributed by atoms with Crippen molar-refractivity contribution in [1.29, 1.82) is 0 Å². The number of pyridine rings is 1. The molecule has 5 amide bonds. The van der Waals surface area contributed by atoms with E-state index in [0.717, 1.165) is 6.07 Å². The predicted molar refractivity (Wildman–Crippen MR) is 217 cm³/mol. The summed E-state index contributed by atoms with van der Waals surface area (Å²) in [7, 11) is 2.81. The lowest BCUT2D eigenvalue weighted by atomic mass is 9.97. The zero-order chi connectivity index (χ0) is 42.8. The third-order valence-corrected chi connectivity index (χ3v) is 11.0. The van der Waals surface area contributed by atoms with Crippen LogP contribution in [0.15, 0.2) is 60.9 Å². The number of nitrogens with zero attached hydrogens (tertiary/aromatic N) is 5. The van der Waals surface area contributed by atoms with Gasteiger partial charge in [-0.3, -0.25) is 9.59 Å². The number of nitrogens with one attached hydrogen (secondary N) is 4. The number of alkyl halides is 3. The first-order valence-electron chi connectivity index (χ1n) is 19.2. The number of rotatable bonds is 9. The van der Waals surface area contributed by atoms with Gasteiger partial charge in [-0.25, -0.2) is 19.6 Å². The third kappa shape index (κ3) is 9.40. The molecule has 4 atom stereocenters. The van der Waals surface area contributed by atoms with Crippen molar-refractivity contribution in [2.45, 2.75) is 58.4 Å². The highest BCUT2D eigenvalue weighted by molar-refractivity contribution is 6.34. The number of aromatic nitrogens is 3. The van der Waals surface area contributed by atoms with E-state index in [2.05, 4.69) is 30.9 Å². The van der Waals surface area contributed by atoms with Crippen LogP contribution < -0.4 is 20.9 Å². The molecule has 314 valence electrons. The summed E-state index contributed by atoms with van der Waals surface area (Å²) in [6.45, 7) is 9.64. The van der Waals surface area contributed by atoms with E-state index >= 15 is 0 Å². The molecule has 2 fully saturated rings. The van der Waals surface area contributed by atoms with E-state index in [1.807, 2.05) is 32.6 Å². The second-order valence-corrected chi connectivity index (χ2v) is 15.6. The van der Waals surface area contributed by atoms with Gasteiger partial charge in [0.2, 0.25) is 5.91 Å². The Bertz CT molecular complexity index is 2180. The fourth-order valence-electron chi connectivity index (χ4n) is 7.56. The number of imidazole rings is 1. The molecular weight excluding hydrogens is 791 g/mol. The van der Waals surface area contributed by atoms with Crippen molar-refractivity contribution in [2.75, 3.05) is 50.6 Å². The quantitative estimate of drug-likeness (QED) is 0.138. The number of anilines is 2. The van der Waals surface area contributed by atoms with Gasteiger partial charge in [0.15, 0.2) is 0 Å². The number of ether oxygens (including phenoxy) is 1. The van der Waals surface area contributed by atoms with Crippen LogP contribution in [0.4, 0.5) is 34.3 Å². The summed E-state index contributed by atoms with van der Waals surface area (Å²) in [6.07, 6.45) is -1.90. The number of H-pyrrole nitrogens is 1. The number of piperazine rings is 1. The molecule has 4 N–H and O–H groups in total. The van der Waals surface area contributed by atoms with Crippen molar-refractivity contribution >= 4 is 47.0 Å². The van der Waals surface area contributed by atoms with E-state index in [0.29, 0.717) is 55.5 Å². The predicted octanol–water partition coefficient (Wildman–Crippen LogP) is 7.20. The second kappa shape index (κ2) is 17.6. The standard InChI is InChI=1S/C41H47ClF3N9O5/c1-22(2)35(51-40(58)59-6)38(56)54-20-23(3)15-33(54)36-48-19-32(49-36)26-9-7-25(8-10-26)28-16-30(42)31(17-29(28)41(43,44)45)50-37(55)27-11-12-34(47-18-27)52-13-14-53(24(4)21-52)39(57)46-5/h7-12,16-19,22-24,33,35H,13-15,20-21H2,1-6H3,(H,46,57)(H,48,49)(H,50,55)(H,51,58)/t23?,24?,33?,35-/m0/s1. The maximum absolute atomic E-state index is 14.6. The van der Waals surface area contributed by atoms with Gasteiger partial charge in [0, 0.05) is 45.5 Å². The molecule has 3 unspecified atom stereocenters. The number of aromatic amines is 1. The number of benzene rings is 2. The number of halogens is 4. The monoisotopic (exact) mass is 837 g/mol. The lowest BCUT2D eigenvalue weighted by Crippen LogP contribution is -2.56. The summed E-state index contributed by atoms with van der Waals surface area (Å²) >= 11 is 6.52. The first kappa shape index (κ1) is 42.8. The number of hydrogen-bond donors (Lipinski definition) is 4. The molecule has 18 heteroatoms. The van der Waals surface area contributed by atoms with E-state index in [9.17, 15) is 32.3 Å². The number of alkyl carbamates (subject to hydrolysis) is 1. The lowest BCUT2D eigenvalue weighted by Gasteiger charge is -2.40. The molecule has 14 nitrogen and oxygen atoms in total. The van der Waals surface area contributed by atoms with Crippen molar-refractivity contribution in [3.05, 3.63) is 82.9 Å². The zero-order valence-corrected chi connectivity index (χ0v) is 34.2. The molecule has 2 aliphatic rings. The van der Waals surface area contributed by atoms with Crippen molar-refractivity contribution in [2.24, 2.45) is 11.8 Å². The van der Waals surface area contributed by atoms with Crippen LogP contribution in [0, 0.1) is 11.8 Å². The van der Waals surface area contributed by atoms with Gasteiger partial charge in [-0.2, -0.15) is 13.2 Å². The molecule has 59 heavy (non-hydrogen) atoms. The maximum atomic E-state index is 14.6. The fraction of sp³-hybridized carbons (Fsp3) is 0.415. The van der Waals surface area contributed by atoms with Crippen LogP contribution >= 0.6 is 11.6 Å². The van der Waals surface area contributed by atoms with Gasteiger partial charge in [-0.05, 0) is 66.1 Å². The Hall–Kier alpha value is -5.84. The number of carbonyl (C=O) groups is 4. The Morgan fingerprint density at radius 2 is 1.66 bits per heavy atom. The number of hydrogen-bond acceptors (Lipinski definition) is 8. The summed E-state index contributed by atoms with van der Waals surface area (Å²) < 4.78 is 48.4. The summed E-state index contributed by atoms with van der Waals surface area (Å²) in [5, 5.41) is 7.68. The highest BCUT2D eigenvalue weighted by Crippen LogP contribution is 2.42. The Labute approximate surface area is 344 Å². The van der Waals surface area contributed by atoms with Crippen molar-refractivity contribution in [1.82, 2.24) is 35.4 Å². The van der Waals surface area contributed by atoms with Gasteiger partial charge in [-0.15, -0.1) is 0 Å². The van der Waals surface area contributed by atoms with E-state index in [1.54, 1.807) is 53.4 Å². The molecule has 0 spiro atoms. The van der Waals surface area contributed by atoms with Crippen LogP contribution in [-0.4, -0.2) is 101 Å². The van der Waals surface area contributed by atoms with Gasteiger partial charge >= 0.3 is 18.3 Å². The van der Waals surface area contributed by atoms with Crippen LogP contribution in [-0.2, 0) is 15.7 Å². The minimum absolute atomic E-state index is 0.0791. The van der Waals surface area contributed by atoms with Crippen LogP contribution in [0.1, 0.15) is 61.9 Å². The first-order valence-corrected chi connectivity index (χ1v) is 19.6. The molecule has 2 saturated heterocycles. The van der Waals surface area contributed by atoms with Crippen molar-refractivity contribution in [3.63, 3.8) is 0 Å². The molecule has 6 rings (SSSR count). The summed E-state index contributed by atoms with van der Waals surface area (Å²) in [5.74, 6) is 0.169. The largest absolute Gasteiger partial charge is 0.453 e. The Morgan fingerprint density at radius 1 is 0.949 bits per heavy atom. The van der Waals surface area contributed by atoms with Crippen molar-refractivity contribution in [3.8, 4) is 22.4 Å². The zero-order valence-electron chi connectivity index (χ0n) is 33.5. The smallest absolute Gasteiger partial charge is 0.417 e. The average Bonchev–Trinajstić information content (AvgIpc) is 3.86. The van der Waals surface area contributed by atoms with Gasteiger partial charge in [0.1, 0.15) is 17.7 Å². The molecule has 2 aromatic heterocycles. The van der Waals surface area contributed by atoms with Gasteiger partial charge in [-0.1, -0.05) is 56.6 Å². The molecule has 0 bridgehead atoms. The molecule has 4 aromatic rings. The maximum Gasteiger partial charge on any atom is 0.417 e.